The number of amides is 1. The van der Waals surface area contributed by atoms with Gasteiger partial charge in [0.25, 0.3) is 0 Å². The maximum atomic E-state index is 11.9. The Kier molecular flexibility index (Phi) is 4.15. The molecule has 1 amide bonds. The summed E-state index contributed by atoms with van der Waals surface area (Å²) in [5.41, 5.74) is 2.63. The number of carbonyl (C=O) groups excluding carboxylic acids is 1. The van der Waals surface area contributed by atoms with Gasteiger partial charge in [0.2, 0.25) is 5.91 Å². The van der Waals surface area contributed by atoms with Crippen molar-refractivity contribution in [1.29, 1.82) is 0 Å². The standard InChI is InChI=1S/C17H18ClN5O/c1-17(2,16(24)19-3)23-12-4-10(6-20-8-12)14-9-22-15-13(14)5-11(18)7-21-15/h4-9,23H,1-3H3,(H,19,24)(H,21,22). The van der Waals surface area contributed by atoms with Crippen LogP contribution in [-0.2, 0) is 4.79 Å². The third kappa shape index (κ3) is 3.05. The Morgan fingerprint density at radius 3 is 2.79 bits per heavy atom. The van der Waals surface area contributed by atoms with Gasteiger partial charge in [-0.15, -0.1) is 0 Å². The number of pyridine rings is 2. The molecule has 0 fully saturated rings. The average Bonchev–Trinajstić information content (AvgIpc) is 2.96. The molecule has 24 heavy (non-hydrogen) atoms. The number of fused-ring (bicyclic) bond motifs is 1. The minimum absolute atomic E-state index is 0.101. The average molecular weight is 344 g/mol. The Morgan fingerprint density at radius 1 is 1.25 bits per heavy atom. The van der Waals surface area contributed by atoms with Gasteiger partial charge >= 0.3 is 0 Å². The molecule has 0 saturated carbocycles. The summed E-state index contributed by atoms with van der Waals surface area (Å²) in [6, 6.07) is 3.81. The van der Waals surface area contributed by atoms with E-state index in [1.165, 1.54) is 0 Å². The van der Waals surface area contributed by atoms with Gasteiger partial charge < -0.3 is 15.6 Å². The molecule has 0 aliphatic carbocycles. The second-order valence-electron chi connectivity index (χ2n) is 6.04. The zero-order chi connectivity index (χ0) is 17.3. The molecule has 3 N–H and O–H groups in total. The third-order valence-electron chi connectivity index (χ3n) is 3.80. The number of likely N-dealkylation sites (N-methyl/N-ethyl adjacent to an activating group) is 1. The van der Waals surface area contributed by atoms with Crippen LogP contribution in [0.15, 0.2) is 36.9 Å². The summed E-state index contributed by atoms with van der Waals surface area (Å²) in [6.45, 7) is 3.63. The Hall–Kier alpha value is -2.60. The molecule has 0 aromatic carbocycles. The van der Waals surface area contributed by atoms with Gasteiger partial charge in [-0.2, -0.15) is 0 Å². The van der Waals surface area contributed by atoms with Crippen molar-refractivity contribution in [2.75, 3.05) is 12.4 Å². The fourth-order valence-corrected chi connectivity index (χ4v) is 2.76. The number of hydrogen-bond donors (Lipinski definition) is 3. The van der Waals surface area contributed by atoms with Crippen molar-refractivity contribution >= 4 is 34.2 Å². The smallest absolute Gasteiger partial charge is 0.244 e. The molecule has 0 atom stereocenters. The Bertz CT molecular complexity index is 903. The van der Waals surface area contributed by atoms with E-state index in [-0.39, 0.29) is 5.91 Å². The summed E-state index contributed by atoms with van der Waals surface area (Å²) in [6.07, 6.45) is 6.93. The maximum absolute atomic E-state index is 11.9. The number of carbonyl (C=O) groups is 1. The number of nitrogens with one attached hydrogen (secondary N) is 3. The maximum Gasteiger partial charge on any atom is 0.244 e. The number of halogens is 1. The van der Waals surface area contributed by atoms with E-state index in [1.807, 2.05) is 32.2 Å². The summed E-state index contributed by atoms with van der Waals surface area (Å²) in [7, 11) is 1.61. The molecule has 0 aliphatic heterocycles. The van der Waals surface area contributed by atoms with Gasteiger partial charge in [-0.25, -0.2) is 4.98 Å². The largest absolute Gasteiger partial charge is 0.370 e. The van der Waals surface area contributed by atoms with Crippen LogP contribution >= 0.6 is 11.6 Å². The molecular formula is C17H18ClN5O. The number of hydrogen-bond acceptors (Lipinski definition) is 4. The van der Waals surface area contributed by atoms with E-state index in [2.05, 4.69) is 25.6 Å². The van der Waals surface area contributed by atoms with Crippen molar-refractivity contribution in [1.82, 2.24) is 20.3 Å². The molecule has 3 rings (SSSR count). The molecule has 3 aromatic heterocycles. The van der Waals surface area contributed by atoms with Crippen LogP contribution in [0, 0.1) is 0 Å². The third-order valence-corrected chi connectivity index (χ3v) is 4.01. The van der Waals surface area contributed by atoms with Crippen molar-refractivity contribution in [2.45, 2.75) is 19.4 Å². The van der Waals surface area contributed by atoms with E-state index < -0.39 is 5.54 Å². The molecule has 0 aliphatic rings. The molecule has 3 aromatic rings. The minimum Gasteiger partial charge on any atom is -0.370 e. The fraction of sp³-hybridized carbons (Fsp3) is 0.235. The summed E-state index contributed by atoms with van der Waals surface area (Å²) in [4.78, 5) is 23.6. The lowest BCUT2D eigenvalue weighted by Gasteiger charge is -2.25. The van der Waals surface area contributed by atoms with Gasteiger partial charge in [-0.3, -0.25) is 9.78 Å². The van der Waals surface area contributed by atoms with E-state index in [1.54, 1.807) is 25.6 Å². The SMILES string of the molecule is CNC(=O)C(C)(C)Nc1cncc(-c2c[nH]c3ncc(Cl)cc23)c1. The van der Waals surface area contributed by atoms with Crippen LogP contribution in [0.3, 0.4) is 0 Å². The van der Waals surface area contributed by atoms with E-state index >= 15 is 0 Å². The Labute approximate surface area is 144 Å². The van der Waals surface area contributed by atoms with Gasteiger partial charge in [0.15, 0.2) is 0 Å². The predicted molar refractivity (Wildman–Crippen MR) is 96.1 cm³/mol. The van der Waals surface area contributed by atoms with Crippen molar-refractivity contribution in [2.24, 2.45) is 0 Å². The Morgan fingerprint density at radius 2 is 2.04 bits per heavy atom. The highest BCUT2D eigenvalue weighted by molar-refractivity contribution is 6.31. The topological polar surface area (TPSA) is 82.7 Å². The molecule has 0 spiro atoms. The summed E-state index contributed by atoms with van der Waals surface area (Å²) in [5.74, 6) is -0.101. The molecule has 7 heteroatoms. The highest BCUT2D eigenvalue weighted by Gasteiger charge is 2.26. The second kappa shape index (κ2) is 6.13. The lowest BCUT2D eigenvalue weighted by atomic mass is 10.0. The van der Waals surface area contributed by atoms with Crippen LogP contribution in [0.2, 0.25) is 5.02 Å². The molecular weight excluding hydrogens is 326 g/mol. The van der Waals surface area contributed by atoms with Crippen LogP contribution in [0.1, 0.15) is 13.8 Å². The first-order chi connectivity index (χ1) is 11.4. The van der Waals surface area contributed by atoms with Gasteiger partial charge in [0, 0.05) is 42.2 Å². The first-order valence-electron chi connectivity index (χ1n) is 7.49. The lowest BCUT2D eigenvalue weighted by molar-refractivity contribution is -0.123. The molecule has 124 valence electrons. The molecule has 0 unspecified atom stereocenters. The van der Waals surface area contributed by atoms with Gasteiger partial charge in [-0.05, 0) is 26.0 Å². The molecule has 6 nitrogen and oxygen atoms in total. The normalized spacial score (nSPS) is 11.5. The van der Waals surface area contributed by atoms with Crippen LogP contribution in [0.5, 0.6) is 0 Å². The van der Waals surface area contributed by atoms with E-state index in [0.29, 0.717) is 5.02 Å². The van der Waals surface area contributed by atoms with E-state index in [0.717, 1.165) is 27.8 Å². The van der Waals surface area contributed by atoms with Crippen LogP contribution in [-0.4, -0.2) is 33.4 Å². The van der Waals surface area contributed by atoms with Crippen molar-refractivity contribution in [3.63, 3.8) is 0 Å². The first-order valence-corrected chi connectivity index (χ1v) is 7.87. The van der Waals surface area contributed by atoms with Crippen molar-refractivity contribution in [3.05, 3.63) is 41.9 Å². The predicted octanol–water partition coefficient (Wildman–Crippen LogP) is 3.21. The van der Waals surface area contributed by atoms with E-state index in [4.69, 9.17) is 11.6 Å². The van der Waals surface area contributed by atoms with Crippen LogP contribution in [0.25, 0.3) is 22.2 Å². The highest BCUT2D eigenvalue weighted by atomic mass is 35.5. The highest BCUT2D eigenvalue weighted by Crippen LogP contribution is 2.30. The van der Waals surface area contributed by atoms with Gasteiger partial charge in [0.05, 0.1) is 16.9 Å². The number of aromatic amines is 1. The number of H-pyrrole nitrogens is 1. The minimum atomic E-state index is -0.750. The molecule has 0 saturated heterocycles. The number of aromatic nitrogens is 3. The van der Waals surface area contributed by atoms with Gasteiger partial charge in [-0.1, -0.05) is 11.6 Å². The van der Waals surface area contributed by atoms with Gasteiger partial charge in [0.1, 0.15) is 11.2 Å². The zero-order valence-corrected chi connectivity index (χ0v) is 14.4. The van der Waals surface area contributed by atoms with Crippen molar-refractivity contribution in [3.8, 4) is 11.1 Å². The fourth-order valence-electron chi connectivity index (χ4n) is 2.60. The second-order valence-corrected chi connectivity index (χ2v) is 6.48. The molecule has 3 heterocycles. The lowest BCUT2D eigenvalue weighted by Crippen LogP contribution is -2.46. The number of anilines is 1. The first kappa shape index (κ1) is 16.3. The number of nitrogens with zero attached hydrogens (tertiary/aromatic N) is 2. The summed E-state index contributed by atoms with van der Waals surface area (Å²) in [5, 5.41) is 7.35. The van der Waals surface area contributed by atoms with Crippen LogP contribution in [0.4, 0.5) is 5.69 Å². The summed E-state index contributed by atoms with van der Waals surface area (Å²) >= 11 is 6.06. The van der Waals surface area contributed by atoms with Crippen LogP contribution < -0.4 is 10.6 Å². The monoisotopic (exact) mass is 343 g/mol. The quantitative estimate of drug-likeness (QED) is 0.679. The zero-order valence-electron chi connectivity index (χ0n) is 13.6. The number of rotatable bonds is 4. The van der Waals surface area contributed by atoms with Crippen molar-refractivity contribution < 1.29 is 4.79 Å². The molecule has 0 radical (unpaired) electrons. The van der Waals surface area contributed by atoms with E-state index in [9.17, 15) is 4.79 Å². The molecule has 0 bridgehead atoms. The summed E-state index contributed by atoms with van der Waals surface area (Å²) < 4.78 is 0. The Balaban J connectivity index is 1.98.